The largest absolute Gasteiger partial charge is 0.396 e. The van der Waals surface area contributed by atoms with E-state index in [1.807, 2.05) is 0 Å². The van der Waals surface area contributed by atoms with Crippen molar-refractivity contribution >= 4 is 5.91 Å². The Balaban J connectivity index is 2.31. The molecule has 3 atom stereocenters. The van der Waals surface area contributed by atoms with Gasteiger partial charge in [0, 0.05) is 25.7 Å². The molecule has 0 aromatic carbocycles. The van der Waals surface area contributed by atoms with Crippen LogP contribution in [0.25, 0.3) is 0 Å². The van der Waals surface area contributed by atoms with Crippen LogP contribution in [0.15, 0.2) is 0 Å². The molecule has 1 amide bonds. The van der Waals surface area contributed by atoms with Crippen molar-refractivity contribution in [1.82, 2.24) is 5.32 Å². The molecule has 1 aliphatic rings. The molecule has 3 unspecified atom stereocenters. The monoisotopic (exact) mass is 203 g/mol. The molecule has 0 saturated heterocycles. The summed E-state index contributed by atoms with van der Waals surface area (Å²) >= 11 is 0. The third-order valence-corrected chi connectivity index (χ3v) is 2.53. The molecule has 5 heteroatoms. The normalized spacial score (nSPS) is 31.8. The predicted molar refractivity (Wildman–Crippen MR) is 49.6 cm³/mol. The van der Waals surface area contributed by atoms with Crippen molar-refractivity contribution in [3.63, 3.8) is 0 Å². The lowest BCUT2D eigenvalue weighted by molar-refractivity contribution is -0.125. The van der Waals surface area contributed by atoms with Gasteiger partial charge in [0.15, 0.2) is 0 Å². The fourth-order valence-electron chi connectivity index (χ4n) is 1.82. The van der Waals surface area contributed by atoms with Gasteiger partial charge in [0.2, 0.25) is 5.91 Å². The number of nitrogens with one attached hydrogen (secondary N) is 1. The molecule has 82 valence electrons. The summed E-state index contributed by atoms with van der Waals surface area (Å²) in [6.45, 7) is 0.00814. The third-order valence-electron chi connectivity index (χ3n) is 2.53. The van der Waals surface area contributed by atoms with Gasteiger partial charge in [-0.1, -0.05) is 0 Å². The van der Waals surface area contributed by atoms with Crippen molar-refractivity contribution in [3.8, 4) is 0 Å². The summed E-state index contributed by atoms with van der Waals surface area (Å²) < 4.78 is 4.67. The standard InChI is InChI=1S/C9H17NO4/c1-14-5-9(13)10-7-2-6(4-11)8(12)3-7/h6-8,11-12H,2-5H2,1H3,(H,10,13). The van der Waals surface area contributed by atoms with Crippen LogP contribution in [0.3, 0.4) is 0 Å². The first-order valence-corrected chi connectivity index (χ1v) is 4.74. The van der Waals surface area contributed by atoms with E-state index in [4.69, 9.17) is 5.11 Å². The van der Waals surface area contributed by atoms with Gasteiger partial charge in [0.05, 0.1) is 6.10 Å². The lowest BCUT2D eigenvalue weighted by atomic mass is 10.1. The summed E-state index contributed by atoms with van der Waals surface area (Å²) in [7, 11) is 1.46. The van der Waals surface area contributed by atoms with Gasteiger partial charge >= 0.3 is 0 Å². The maximum Gasteiger partial charge on any atom is 0.246 e. The summed E-state index contributed by atoms with van der Waals surface area (Å²) in [5.41, 5.74) is 0. The summed E-state index contributed by atoms with van der Waals surface area (Å²) in [5.74, 6) is -0.286. The van der Waals surface area contributed by atoms with Gasteiger partial charge in [0.25, 0.3) is 0 Å². The number of methoxy groups -OCH3 is 1. The van der Waals surface area contributed by atoms with Gasteiger partial charge in [-0.3, -0.25) is 4.79 Å². The minimum Gasteiger partial charge on any atom is -0.396 e. The highest BCUT2D eigenvalue weighted by Gasteiger charge is 2.32. The first kappa shape index (κ1) is 11.4. The van der Waals surface area contributed by atoms with Crippen molar-refractivity contribution in [2.75, 3.05) is 20.3 Å². The molecule has 1 saturated carbocycles. The minimum absolute atomic E-state index is 0.0299. The Labute approximate surface area is 83.1 Å². The molecule has 0 radical (unpaired) electrons. The second-order valence-corrected chi connectivity index (χ2v) is 3.68. The minimum atomic E-state index is -0.507. The van der Waals surface area contributed by atoms with E-state index in [9.17, 15) is 9.90 Å². The van der Waals surface area contributed by atoms with Crippen LogP contribution < -0.4 is 5.32 Å². The van der Waals surface area contributed by atoms with E-state index in [0.29, 0.717) is 12.8 Å². The van der Waals surface area contributed by atoms with Crippen molar-refractivity contribution in [2.45, 2.75) is 25.0 Å². The molecule has 1 rings (SSSR count). The molecule has 1 aliphatic carbocycles. The molecule has 0 bridgehead atoms. The molecule has 0 spiro atoms. The number of hydrogen-bond donors (Lipinski definition) is 3. The van der Waals surface area contributed by atoms with Gasteiger partial charge in [-0.25, -0.2) is 0 Å². The van der Waals surface area contributed by atoms with E-state index < -0.39 is 6.10 Å². The smallest absolute Gasteiger partial charge is 0.246 e. The molecule has 0 aromatic rings. The fourth-order valence-corrected chi connectivity index (χ4v) is 1.82. The Morgan fingerprint density at radius 3 is 2.79 bits per heavy atom. The molecule has 0 aromatic heterocycles. The summed E-state index contributed by atoms with van der Waals surface area (Å²) in [6, 6.07) is -0.0372. The van der Waals surface area contributed by atoms with Crippen molar-refractivity contribution < 1.29 is 19.7 Å². The molecular weight excluding hydrogens is 186 g/mol. The van der Waals surface area contributed by atoms with Gasteiger partial charge in [-0.15, -0.1) is 0 Å². The van der Waals surface area contributed by atoms with E-state index in [-0.39, 0.29) is 31.1 Å². The van der Waals surface area contributed by atoms with E-state index in [1.165, 1.54) is 7.11 Å². The predicted octanol–water partition coefficient (Wildman–Crippen LogP) is -1.12. The zero-order valence-corrected chi connectivity index (χ0v) is 8.27. The second-order valence-electron chi connectivity index (χ2n) is 3.68. The molecule has 14 heavy (non-hydrogen) atoms. The number of ether oxygens (including phenoxy) is 1. The molecule has 0 heterocycles. The maximum atomic E-state index is 11.1. The highest BCUT2D eigenvalue weighted by molar-refractivity contribution is 5.77. The van der Waals surface area contributed by atoms with Crippen LogP contribution in [0.1, 0.15) is 12.8 Å². The van der Waals surface area contributed by atoms with Gasteiger partial charge in [0.1, 0.15) is 6.61 Å². The second kappa shape index (κ2) is 5.29. The maximum absolute atomic E-state index is 11.1. The van der Waals surface area contributed by atoms with Gasteiger partial charge in [-0.05, 0) is 12.8 Å². The zero-order chi connectivity index (χ0) is 10.6. The van der Waals surface area contributed by atoms with Crippen LogP contribution in [-0.2, 0) is 9.53 Å². The lowest BCUT2D eigenvalue weighted by Gasteiger charge is -2.11. The van der Waals surface area contributed by atoms with Crippen LogP contribution in [0.4, 0.5) is 0 Å². The first-order chi connectivity index (χ1) is 6.67. The quantitative estimate of drug-likeness (QED) is 0.541. The Kier molecular flexibility index (Phi) is 4.31. The third kappa shape index (κ3) is 2.94. The Morgan fingerprint density at radius 1 is 1.57 bits per heavy atom. The van der Waals surface area contributed by atoms with E-state index in [2.05, 4.69) is 10.1 Å². The van der Waals surface area contributed by atoms with Crippen LogP contribution in [-0.4, -0.2) is 48.6 Å². The zero-order valence-electron chi connectivity index (χ0n) is 8.27. The van der Waals surface area contributed by atoms with E-state index in [1.54, 1.807) is 0 Å². The number of aliphatic hydroxyl groups excluding tert-OH is 2. The SMILES string of the molecule is COCC(=O)NC1CC(O)C(CO)C1. The van der Waals surface area contributed by atoms with Crippen LogP contribution in [0, 0.1) is 5.92 Å². The van der Waals surface area contributed by atoms with E-state index >= 15 is 0 Å². The Morgan fingerprint density at radius 2 is 2.29 bits per heavy atom. The molecule has 0 aliphatic heterocycles. The summed E-state index contributed by atoms with van der Waals surface area (Å²) in [4.78, 5) is 11.1. The van der Waals surface area contributed by atoms with Crippen molar-refractivity contribution in [3.05, 3.63) is 0 Å². The number of carbonyl (C=O) groups excluding carboxylic acids is 1. The van der Waals surface area contributed by atoms with Crippen molar-refractivity contribution in [2.24, 2.45) is 5.92 Å². The number of hydrogen-bond acceptors (Lipinski definition) is 4. The summed E-state index contributed by atoms with van der Waals surface area (Å²) in [5, 5.41) is 21.1. The fraction of sp³-hybridized carbons (Fsp3) is 0.889. The number of rotatable bonds is 4. The average molecular weight is 203 g/mol. The number of aliphatic hydroxyl groups is 2. The Hall–Kier alpha value is -0.650. The van der Waals surface area contributed by atoms with Crippen LogP contribution >= 0.6 is 0 Å². The highest BCUT2D eigenvalue weighted by Crippen LogP contribution is 2.25. The first-order valence-electron chi connectivity index (χ1n) is 4.74. The molecule has 3 N–H and O–H groups in total. The van der Waals surface area contributed by atoms with Crippen LogP contribution in [0.2, 0.25) is 0 Å². The molecule has 1 fully saturated rings. The Bertz CT molecular complexity index is 197. The van der Waals surface area contributed by atoms with Gasteiger partial charge in [-0.2, -0.15) is 0 Å². The van der Waals surface area contributed by atoms with Crippen molar-refractivity contribution in [1.29, 1.82) is 0 Å². The van der Waals surface area contributed by atoms with Gasteiger partial charge < -0.3 is 20.3 Å². The lowest BCUT2D eigenvalue weighted by Crippen LogP contribution is -2.35. The average Bonchev–Trinajstić information content (AvgIpc) is 2.46. The molecule has 5 nitrogen and oxygen atoms in total. The summed E-state index contributed by atoms with van der Waals surface area (Å²) in [6.07, 6.45) is 0.640. The van der Waals surface area contributed by atoms with Crippen LogP contribution in [0.5, 0.6) is 0 Å². The highest BCUT2D eigenvalue weighted by atomic mass is 16.5. The number of carbonyl (C=O) groups is 1. The van der Waals surface area contributed by atoms with E-state index in [0.717, 1.165) is 0 Å². The number of amides is 1. The topological polar surface area (TPSA) is 78.8 Å². The molecular formula is C9H17NO4.